The molecule has 1 aliphatic heterocycles. The Kier molecular flexibility index (Phi) is 7.15. The fourth-order valence-electron chi connectivity index (χ4n) is 2.38. The van der Waals surface area contributed by atoms with Crippen molar-refractivity contribution in [3.05, 3.63) is 0 Å². The first-order valence-electron chi connectivity index (χ1n) is 7.00. The van der Waals surface area contributed by atoms with Crippen molar-refractivity contribution in [3.8, 4) is 0 Å². The molecule has 20 heavy (non-hydrogen) atoms. The van der Waals surface area contributed by atoms with E-state index in [-0.39, 0.29) is 6.03 Å². The molecule has 6 nitrogen and oxygen atoms in total. The van der Waals surface area contributed by atoms with Crippen LogP contribution in [0.4, 0.5) is 4.79 Å². The monoisotopic (exact) mass is 303 g/mol. The van der Waals surface area contributed by atoms with E-state index in [0.717, 1.165) is 18.8 Å². The summed E-state index contributed by atoms with van der Waals surface area (Å²) in [5, 5.41) is 11.8. The van der Waals surface area contributed by atoms with Crippen molar-refractivity contribution < 1.29 is 14.7 Å². The van der Waals surface area contributed by atoms with Gasteiger partial charge in [0, 0.05) is 25.7 Å². The molecule has 0 spiro atoms. The number of likely N-dealkylation sites (N-methyl/N-ethyl adjacent to an activating group) is 1. The van der Waals surface area contributed by atoms with E-state index in [1.807, 2.05) is 6.26 Å². The van der Waals surface area contributed by atoms with Crippen LogP contribution >= 0.6 is 11.8 Å². The Morgan fingerprint density at radius 1 is 1.45 bits per heavy atom. The van der Waals surface area contributed by atoms with Crippen molar-refractivity contribution in [2.75, 3.05) is 38.2 Å². The second-order valence-corrected chi connectivity index (χ2v) is 6.03. The zero-order valence-corrected chi connectivity index (χ0v) is 13.3. The van der Waals surface area contributed by atoms with Crippen molar-refractivity contribution in [2.24, 2.45) is 0 Å². The average Bonchev–Trinajstić information content (AvgIpc) is 2.42. The number of hydrogen-bond donors (Lipinski definition) is 2. The van der Waals surface area contributed by atoms with Crippen LogP contribution in [0.5, 0.6) is 0 Å². The molecule has 116 valence electrons. The normalized spacial score (nSPS) is 21.6. The van der Waals surface area contributed by atoms with E-state index >= 15 is 0 Å². The zero-order valence-electron chi connectivity index (χ0n) is 12.5. The van der Waals surface area contributed by atoms with E-state index in [1.165, 1.54) is 0 Å². The number of urea groups is 1. The first-order valence-corrected chi connectivity index (χ1v) is 8.40. The summed E-state index contributed by atoms with van der Waals surface area (Å²) in [6.07, 6.45) is 2.37. The van der Waals surface area contributed by atoms with Crippen LogP contribution in [0.3, 0.4) is 0 Å². The number of carboxylic acid groups (broad SMARTS) is 1. The molecule has 0 radical (unpaired) electrons. The van der Waals surface area contributed by atoms with Gasteiger partial charge in [0.25, 0.3) is 0 Å². The summed E-state index contributed by atoms with van der Waals surface area (Å²) >= 11 is 1.58. The lowest BCUT2D eigenvalue weighted by atomic mass is 10.2. The lowest BCUT2D eigenvalue weighted by Crippen LogP contribution is -2.57. The van der Waals surface area contributed by atoms with Crippen LogP contribution in [-0.4, -0.2) is 77.2 Å². The minimum atomic E-state index is -0.965. The molecule has 0 aliphatic carbocycles. The van der Waals surface area contributed by atoms with Gasteiger partial charge in [0.2, 0.25) is 0 Å². The van der Waals surface area contributed by atoms with Crippen molar-refractivity contribution in [1.29, 1.82) is 0 Å². The highest BCUT2D eigenvalue weighted by atomic mass is 32.2. The molecule has 2 amide bonds. The Bertz CT molecular complexity index is 341. The molecule has 0 aromatic heterocycles. The van der Waals surface area contributed by atoms with Crippen molar-refractivity contribution in [2.45, 2.75) is 32.4 Å². The highest BCUT2D eigenvalue weighted by Gasteiger charge is 2.28. The second kappa shape index (κ2) is 8.36. The Balaban J connectivity index is 2.50. The van der Waals surface area contributed by atoms with Gasteiger partial charge in [-0.15, -0.1) is 0 Å². The maximum Gasteiger partial charge on any atom is 0.326 e. The number of aliphatic carboxylic acids is 1. The van der Waals surface area contributed by atoms with Crippen LogP contribution in [0.15, 0.2) is 0 Å². The van der Waals surface area contributed by atoms with Crippen LogP contribution in [-0.2, 0) is 4.79 Å². The van der Waals surface area contributed by atoms with E-state index in [9.17, 15) is 9.59 Å². The summed E-state index contributed by atoms with van der Waals surface area (Å²) in [4.78, 5) is 27.3. The van der Waals surface area contributed by atoms with E-state index in [4.69, 9.17) is 5.11 Å². The van der Waals surface area contributed by atoms with E-state index in [2.05, 4.69) is 24.1 Å². The Labute approximate surface area is 124 Å². The fourth-order valence-corrected chi connectivity index (χ4v) is 2.85. The SMILES string of the molecule is CCN1CCN(C(=O)NC(CCSC)C(=O)O)CC1C. The molecule has 0 bridgehead atoms. The molecule has 1 saturated heterocycles. The van der Waals surface area contributed by atoms with Gasteiger partial charge >= 0.3 is 12.0 Å². The Morgan fingerprint density at radius 2 is 2.15 bits per heavy atom. The second-order valence-electron chi connectivity index (χ2n) is 5.05. The number of carboxylic acids is 1. The van der Waals surface area contributed by atoms with Gasteiger partial charge in [-0.25, -0.2) is 9.59 Å². The van der Waals surface area contributed by atoms with Crippen LogP contribution in [0, 0.1) is 0 Å². The molecule has 7 heteroatoms. The maximum atomic E-state index is 12.1. The molecule has 1 aliphatic rings. The number of nitrogens with zero attached hydrogens (tertiary/aromatic N) is 2. The molecular formula is C13H25N3O3S. The molecule has 2 N–H and O–H groups in total. The summed E-state index contributed by atoms with van der Waals surface area (Å²) in [5.41, 5.74) is 0. The zero-order chi connectivity index (χ0) is 15.1. The van der Waals surface area contributed by atoms with Gasteiger partial charge in [-0.05, 0) is 31.9 Å². The lowest BCUT2D eigenvalue weighted by molar-refractivity contribution is -0.139. The molecule has 1 heterocycles. The molecule has 1 rings (SSSR count). The van der Waals surface area contributed by atoms with Gasteiger partial charge < -0.3 is 15.3 Å². The summed E-state index contributed by atoms with van der Waals surface area (Å²) in [6.45, 7) is 7.31. The highest BCUT2D eigenvalue weighted by molar-refractivity contribution is 7.98. The van der Waals surface area contributed by atoms with Crippen LogP contribution in [0.1, 0.15) is 20.3 Å². The van der Waals surface area contributed by atoms with E-state index in [0.29, 0.717) is 25.6 Å². The Hall–Kier alpha value is -0.950. The van der Waals surface area contributed by atoms with Crippen LogP contribution < -0.4 is 5.32 Å². The minimum Gasteiger partial charge on any atom is -0.480 e. The number of nitrogens with one attached hydrogen (secondary N) is 1. The van der Waals surface area contributed by atoms with Gasteiger partial charge in [-0.3, -0.25) is 4.90 Å². The smallest absolute Gasteiger partial charge is 0.326 e. The van der Waals surface area contributed by atoms with Crippen molar-refractivity contribution >= 4 is 23.8 Å². The summed E-state index contributed by atoms with van der Waals surface area (Å²) < 4.78 is 0. The van der Waals surface area contributed by atoms with Gasteiger partial charge in [0.05, 0.1) is 0 Å². The molecule has 0 aromatic rings. The lowest BCUT2D eigenvalue weighted by Gasteiger charge is -2.39. The number of amides is 2. The average molecular weight is 303 g/mol. The van der Waals surface area contributed by atoms with Gasteiger partial charge in [-0.2, -0.15) is 11.8 Å². The molecule has 1 fully saturated rings. The van der Waals surface area contributed by atoms with Crippen molar-refractivity contribution in [1.82, 2.24) is 15.1 Å². The number of thioether (sulfide) groups is 1. The third-order valence-electron chi connectivity index (χ3n) is 3.66. The topological polar surface area (TPSA) is 72.9 Å². The van der Waals surface area contributed by atoms with Gasteiger partial charge in [-0.1, -0.05) is 6.92 Å². The number of rotatable bonds is 6. The van der Waals surface area contributed by atoms with E-state index < -0.39 is 12.0 Å². The van der Waals surface area contributed by atoms with Gasteiger partial charge in [0.15, 0.2) is 0 Å². The molecule has 0 aromatic carbocycles. The highest BCUT2D eigenvalue weighted by Crippen LogP contribution is 2.10. The van der Waals surface area contributed by atoms with Gasteiger partial charge in [0.1, 0.15) is 6.04 Å². The first kappa shape index (κ1) is 17.1. The molecule has 2 unspecified atom stereocenters. The predicted octanol–water partition coefficient (Wildman–Crippen LogP) is 0.928. The quantitative estimate of drug-likeness (QED) is 0.763. The van der Waals surface area contributed by atoms with Crippen molar-refractivity contribution in [3.63, 3.8) is 0 Å². The number of carbonyl (C=O) groups excluding carboxylic acids is 1. The number of carbonyl (C=O) groups is 2. The third-order valence-corrected chi connectivity index (χ3v) is 4.31. The summed E-state index contributed by atoms with van der Waals surface area (Å²) in [7, 11) is 0. The predicted molar refractivity (Wildman–Crippen MR) is 81.2 cm³/mol. The standard InChI is InChI=1S/C13H25N3O3S/c1-4-15-6-7-16(9-10(15)2)13(19)14-11(12(17)18)5-8-20-3/h10-11H,4-9H2,1-3H3,(H,14,19)(H,17,18). The van der Waals surface area contributed by atoms with E-state index in [1.54, 1.807) is 16.7 Å². The number of piperazine rings is 1. The summed E-state index contributed by atoms with van der Waals surface area (Å²) in [6, 6.07) is -0.746. The molecule has 2 atom stereocenters. The molecular weight excluding hydrogens is 278 g/mol. The minimum absolute atomic E-state index is 0.263. The fraction of sp³-hybridized carbons (Fsp3) is 0.846. The Morgan fingerprint density at radius 3 is 2.65 bits per heavy atom. The first-order chi connectivity index (χ1) is 9.49. The maximum absolute atomic E-state index is 12.1. The summed E-state index contributed by atoms with van der Waals surface area (Å²) in [5.74, 6) is -0.246. The third kappa shape index (κ3) is 4.86. The largest absolute Gasteiger partial charge is 0.480 e. The van der Waals surface area contributed by atoms with Crippen LogP contribution in [0.25, 0.3) is 0 Å². The van der Waals surface area contributed by atoms with Crippen LogP contribution in [0.2, 0.25) is 0 Å². The molecule has 0 saturated carbocycles. The number of hydrogen-bond acceptors (Lipinski definition) is 4.